The maximum atomic E-state index is 12.4. The standard InChI is InChI=1S/C18H26Cl2N4O/c1-22-6-2-3-14(12-22)13-23-7-9-24(10-8-23)18(25)21-15-4-5-16(19)17(20)11-15/h4-5,11,14H,2-3,6-10,12-13H2,1H3,(H,21,25)/t14-/m1/s1. The fourth-order valence-electron chi connectivity index (χ4n) is 3.70. The first kappa shape index (κ1) is 18.8. The number of hydrogen-bond acceptors (Lipinski definition) is 3. The summed E-state index contributed by atoms with van der Waals surface area (Å²) in [5.41, 5.74) is 0.673. The smallest absolute Gasteiger partial charge is 0.321 e. The maximum absolute atomic E-state index is 12.4. The molecule has 1 N–H and O–H groups in total. The van der Waals surface area contributed by atoms with Gasteiger partial charge in [0.15, 0.2) is 0 Å². The number of hydrogen-bond donors (Lipinski definition) is 1. The Balaban J connectivity index is 1.45. The third-order valence-electron chi connectivity index (χ3n) is 5.07. The molecule has 7 heteroatoms. The molecule has 2 saturated heterocycles. The van der Waals surface area contributed by atoms with Crippen molar-refractivity contribution in [1.29, 1.82) is 0 Å². The Morgan fingerprint density at radius 3 is 2.60 bits per heavy atom. The fraction of sp³-hybridized carbons (Fsp3) is 0.611. The molecule has 0 saturated carbocycles. The lowest BCUT2D eigenvalue weighted by Crippen LogP contribution is -2.51. The van der Waals surface area contributed by atoms with Crippen LogP contribution < -0.4 is 5.32 Å². The second-order valence-corrected chi connectivity index (χ2v) is 7.93. The number of benzene rings is 1. The molecular weight excluding hydrogens is 359 g/mol. The number of nitrogens with one attached hydrogen (secondary N) is 1. The largest absolute Gasteiger partial charge is 0.322 e. The zero-order chi connectivity index (χ0) is 17.8. The minimum atomic E-state index is -0.0737. The van der Waals surface area contributed by atoms with Crippen LogP contribution in [-0.2, 0) is 0 Å². The normalized spacial score (nSPS) is 22.8. The minimum Gasteiger partial charge on any atom is -0.322 e. The van der Waals surface area contributed by atoms with Crippen LogP contribution in [0.15, 0.2) is 18.2 Å². The van der Waals surface area contributed by atoms with E-state index >= 15 is 0 Å². The monoisotopic (exact) mass is 384 g/mol. The molecule has 2 amide bonds. The van der Waals surface area contributed by atoms with Gasteiger partial charge >= 0.3 is 6.03 Å². The van der Waals surface area contributed by atoms with Crippen molar-refractivity contribution < 1.29 is 4.79 Å². The van der Waals surface area contributed by atoms with Gasteiger partial charge in [0, 0.05) is 45.0 Å². The molecule has 2 aliphatic rings. The summed E-state index contributed by atoms with van der Waals surface area (Å²) in [5.74, 6) is 0.760. The van der Waals surface area contributed by atoms with Gasteiger partial charge in [-0.15, -0.1) is 0 Å². The van der Waals surface area contributed by atoms with Crippen LogP contribution >= 0.6 is 23.2 Å². The zero-order valence-corrected chi connectivity index (χ0v) is 16.2. The molecule has 1 atom stereocenters. The van der Waals surface area contributed by atoms with Crippen LogP contribution in [0.1, 0.15) is 12.8 Å². The van der Waals surface area contributed by atoms with Gasteiger partial charge in [-0.3, -0.25) is 4.90 Å². The maximum Gasteiger partial charge on any atom is 0.321 e. The van der Waals surface area contributed by atoms with Gasteiger partial charge in [-0.25, -0.2) is 4.79 Å². The number of halogens is 2. The van der Waals surface area contributed by atoms with Crippen molar-refractivity contribution in [2.24, 2.45) is 5.92 Å². The number of anilines is 1. The van der Waals surface area contributed by atoms with Crippen molar-refractivity contribution in [2.45, 2.75) is 12.8 Å². The highest BCUT2D eigenvalue weighted by atomic mass is 35.5. The van der Waals surface area contributed by atoms with E-state index in [9.17, 15) is 4.79 Å². The van der Waals surface area contributed by atoms with E-state index in [0.717, 1.165) is 38.6 Å². The van der Waals surface area contributed by atoms with Gasteiger partial charge in [-0.1, -0.05) is 23.2 Å². The number of carbonyl (C=O) groups excluding carboxylic acids is 1. The third kappa shape index (κ3) is 5.23. The zero-order valence-electron chi connectivity index (χ0n) is 14.7. The Morgan fingerprint density at radius 1 is 1.16 bits per heavy atom. The van der Waals surface area contributed by atoms with E-state index in [2.05, 4.69) is 22.2 Å². The molecule has 1 aromatic carbocycles. The van der Waals surface area contributed by atoms with E-state index in [1.165, 1.54) is 25.9 Å². The highest BCUT2D eigenvalue weighted by molar-refractivity contribution is 6.42. The number of piperidine rings is 1. The molecule has 2 aliphatic heterocycles. The first-order chi connectivity index (χ1) is 12.0. The average molecular weight is 385 g/mol. The average Bonchev–Trinajstić information content (AvgIpc) is 2.59. The van der Waals surface area contributed by atoms with E-state index < -0.39 is 0 Å². The predicted molar refractivity (Wildman–Crippen MR) is 104 cm³/mol. The predicted octanol–water partition coefficient (Wildman–Crippen LogP) is 3.48. The summed E-state index contributed by atoms with van der Waals surface area (Å²) >= 11 is 11.9. The van der Waals surface area contributed by atoms with Crippen LogP contribution in [0.3, 0.4) is 0 Å². The van der Waals surface area contributed by atoms with Crippen molar-refractivity contribution in [1.82, 2.24) is 14.7 Å². The van der Waals surface area contributed by atoms with Gasteiger partial charge in [-0.2, -0.15) is 0 Å². The fourth-order valence-corrected chi connectivity index (χ4v) is 4.00. The molecule has 0 spiro atoms. The Hall–Kier alpha value is -1.01. The summed E-state index contributed by atoms with van der Waals surface area (Å²) in [7, 11) is 2.21. The van der Waals surface area contributed by atoms with Crippen LogP contribution in [0.2, 0.25) is 10.0 Å². The van der Waals surface area contributed by atoms with E-state index in [0.29, 0.717) is 15.7 Å². The lowest BCUT2D eigenvalue weighted by atomic mass is 9.97. The lowest BCUT2D eigenvalue weighted by molar-refractivity contribution is 0.109. The lowest BCUT2D eigenvalue weighted by Gasteiger charge is -2.38. The number of piperazine rings is 1. The van der Waals surface area contributed by atoms with Crippen molar-refractivity contribution in [3.05, 3.63) is 28.2 Å². The molecule has 5 nitrogen and oxygen atoms in total. The second kappa shape index (κ2) is 8.58. The Bertz CT molecular complexity index is 605. The summed E-state index contributed by atoms with van der Waals surface area (Å²) < 4.78 is 0. The molecule has 25 heavy (non-hydrogen) atoms. The van der Waals surface area contributed by atoms with Crippen LogP contribution in [0.4, 0.5) is 10.5 Å². The molecule has 2 fully saturated rings. The minimum absolute atomic E-state index is 0.0737. The first-order valence-corrected chi connectivity index (χ1v) is 9.69. The summed E-state index contributed by atoms with van der Waals surface area (Å²) in [6, 6.07) is 5.06. The van der Waals surface area contributed by atoms with Crippen LogP contribution in [0.5, 0.6) is 0 Å². The first-order valence-electron chi connectivity index (χ1n) is 8.93. The summed E-state index contributed by atoms with van der Waals surface area (Å²) in [4.78, 5) is 19.2. The highest BCUT2D eigenvalue weighted by Gasteiger charge is 2.25. The SMILES string of the molecule is CN1CCC[C@@H](CN2CCN(C(=O)Nc3ccc(Cl)c(Cl)c3)CC2)C1. The summed E-state index contributed by atoms with van der Waals surface area (Å²) in [6.45, 7) is 6.96. The van der Waals surface area contributed by atoms with Crippen LogP contribution in [0.25, 0.3) is 0 Å². The van der Waals surface area contributed by atoms with Crippen molar-refractivity contribution in [2.75, 3.05) is 58.2 Å². The highest BCUT2D eigenvalue weighted by Crippen LogP contribution is 2.25. The van der Waals surface area contributed by atoms with Crippen molar-refractivity contribution in [3.8, 4) is 0 Å². The van der Waals surface area contributed by atoms with Gasteiger partial charge in [0.25, 0.3) is 0 Å². The van der Waals surface area contributed by atoms with Crippen molar-refractivity contribution in [3.63, 3.8) is 0 Å². The van der Waals surface area contributed by atoms with E-state index in [1.807, 2.05) is 4.90 Å². The third-order valence-corrected chi connectivity index (χ3v) is 5.81. The Labute approximate surface area is 159 Å². The summed E-state index contributed by atoms with van der Waals surface area (Å²) in [5, 5.41) is 3.83. The van der Waals surface area contributed by atoms with Gasteiger partial charge in [0.1, 0.15) is 0 Å². The Kier molecular flexibility index (Phi) is 6.44. The number of urea groups is 1. The molecule has 3 rings (SSSR count). The molecular formula is C18H26Cl2N4O. The number of carbonyl (C=O) groups is 1. The van der Waals surface area contributed by atoms with Crippen LogP contribution in [-0.4, -0.2) is 73.6 Å². The molecule has 0 aliphatic carbocycles. The van der Waals surface area contributed by atoms with E-state index in [1.54, 1.807) is 18.2 Å². The molecule has 1 aromatic rings. The molecule has 2 heterocycles. The second-order valence-electron chi connectivity index (χ2n) is 7.12. The van der Waals surface area contributed by atoms with Crippen molar-refractivity contribution >= 4 is 34.9 Å². The number of amides is 2. The van der Waals surface area contributed by atoms with Gasteiger partial charge in [0.2, 0.25) is 0 Å². The molecule has 0 bridgehead atoms. The molecule has 0 aromatic heterocycles. The van der Waals surface area contributed by atoms with Gasteiger partial charge < -0.3 is 15.1 Å². The summed E-state index contributed by atoms with van der Waals surface area (Å²) in [6.07, 6.45) is 2.62. The topological polar surface area (TPSA) is 38.8 Å². The van der Waals surface area contributed by atoms with Gasteiger partial charge in [0.05, 0.1) is 10.0 Å². The molecule has 0 unspecified atom stereocenters. The van der Waals surface area contributed by atoms with E-state index in [-0.39, 0.29) is 6.03 Å². The molecule has 0 radical (unpaired) electrons. The number of rotatable bonds is 3. The van der Waals surface area contributed by atoms with Crippen LogP contribution in [0, 0.1) is 5.92 Å². The van der Waals surface area contributed by atoms with E-state index in [4.69, 9.17) is 23.2 Å². The number of nitrogens with zero attached hydrogens (tertiary/aromatic N) is 3. The quantitative estimate of drug-likeness (QED) is 0.866. The van der Waals surface area contributed by atoms with Gasteiger partial charge in [-0.05, 0) is 50.6 Å². The Morgan fingerprint density at radius 2 is 1.92 bits per heavy atom. The molecule has 138 valence electrons. The number of likely N-dealkylation sites (tertiary alicyclic amines) is 1.